The Morgan fingerprint density at radius 3 is 2.39 bits per heavy atom. The number of rotatable bonds is 6. The van der Waals surface area contributed by atoms with Gasteiger partial charge in [0.1, 0.15) is 0 Å². The molecular weight excluding hydrogens is 386 g/mol. The number of anilines is 1. The van der Waals surface area contributed by atoms with Crippen LogP contribution in [0.2, 0.25) is 0 Å². The number of hydrogen-bond donors (Lipinski definition) is 2. The number of aromatic nitrogens is 2. The number of nitrogens with one attached hydrogen (secondary N) is 2. The summed E-state index contributed by atoms with van der Waals surface area (Å²) < 4.78 is 2.01. The molecule has 0 saturated carbocycles. The van der Waals surface area contributed by atoms with Crippen LogP contribution in [0.5, 0.6) is 0 Å². The van der Waals surface area contributed by atoms with Crippen molar-refractivity contribution in [2.75, 3.05) is 11.9 Å². The number of hydrogen-bond acceptors (Lipinski definition) is 3. The van der Waals surface area contributed by atoms with Crippen LogP contribution in [0.25, 0.3) is 0 Å². The van der Waals surface area contributed by atoms with Gasteiger partial charge >= 0.3 is 0 Å². The first kappa shape index (κ1) is 22.3. The normalized spacial score (nSPS) is 11.5. The number of aryl methyl sites for hydroxylation is 4. The molecular formula is C25H31N5O. The summed E-state index contributed by atoms with van der Waals surface area (Å²) in [5.41, 5.74) is 7.03. The molecule has 3 rings (SSSR count). The Morgan fingerprint density at radius 1 is 1.03 bits per heavy atom. The van der Waals surface area contributed by atoms with Crippen molar-refractivity contribution in [3.63, 3.8) is 0 Å². The summed E-state index contributed by atoms with van der Waals surface area (Å²) >= 11 is 0. The highest BCUT2D eigenvalue weighted by Crippen LogP contribution is 2.14. The molecule has 1 heterocycles. The third-order valence-corrected chi connectivity index (χ3v) is 5.40. The molecule has 0 aliphatic heterocycles. The van der Waals surface area contributed by atoms with E-state index >= 15 is 0 Å². The molecule has 0 saturated heterocycles. The fraction of sp³-hybridized carbons (Fsp3) is 0.320. The first-order chi connectivity index (χ1) is 14.9. The van der Waals surface area contributed by atoms with Crippen LogP contribution in [0.4, 0.5) is 5.69 Å². The number of carbonyl (C=O) groups is 1. The number of benzene rings is 2. The lowest BCUT2D eigenvalue weighted by atomic mass is 10.1. The van der Waals surface area contributed by atoms with Gasteiger partial charge in [0.25, 0.3) is 5.91 Å². The van der Waals surface area contributed by atoms with Crippen molar-refractivity contribution in [3.05, 3.63) is 82.2 Å². The van der Waals surface area contributed by atoms with E-state index in [0.29, 0.717) is 18.1 Å². The summed E-state index contributed by atoms with van der Waals surface area (Å²) in [7, 11) is 0. The molecule has 2 aromatic carbocycles. The van der Waals surface area contributed by atoms with Gasteiger partial charge in [-0.3, -0.25) is 19.8 Å². The molecule has 1 amide bonds. The van der Waals surface area contributed by atoms with Gasteiger partial charge in [-0.2, -0.15) is 5.10 Å². The van der Waals surface area contributed by atoms with Gasteiger partial charge in [0, 0.05) is 30.0 Å². The summed E-state index contributed by atoms with van der Waals surface area (Å²) in [5.74, 6) is 0.262. The van der Waals surface area contributed by atoms with Crippen LogP contribution in [0.15, 0.2) is 53.5 Å². The molecule has 0 aliphatic carbocycles. The summed E-state index contributed by atoms with van der Waals surface area (Å²) in [6, 6.07) is 15.5. The molecule has 0 spiro atoms. The van der Waals surface area contributed by atoms with E-state index in [1.807, 2.05) is 74.0 Å². The largest absolute Gasteiger partial charge is 0.326 e. The fourth-order valence-electron chi connectivity index (χ4n) is 3.57. The summed E-state index contributed by atoms with van der Waals surface area (Å²) in [5, 5.41) is 10.8. The van der Waals surface area contributed by atoms with Gasteiger partial charge in [-0.15, -0.1) is 0 Å². The van der Waals surface area contributed by atoms with E-state index in [1.165, 1.54) is 16.8 Å². The Kier molecular flexibility index (Phi) is 7.23. The minimum Gasteiger partial charge on any atom is -0.326 e. The standard InChI is InChI=1S/C25H31N5O/c1-6-30-20(5)23(19(4)29-30)15-16-26-25(27-21-13-11-17(2)12-14-21)28-24(31)22-10-8-7-9-18(22)3/h7-14H,6,15-16H2,1-5H3,(H2,26,27,28,31). The zero-order valence-electron chi connectivity index (χ0n) is 19.0. The van der Waals surface area contributed by atoms with E-state index in [4.69, 9.17) is 0 Å². The molecule has 2 N–H and O–H groups in total. The number of aliphatic imine (C=N–C) groups is 1. The number of nitrogens with zero attached hydrogens (tertiary/aromatic N) is 3. The molecule has 0 unspecified atom stereocenters. The number of amides is 1. The van der Waals surface area contributed by atoms with Crippen molar-refractivity contribution < 1.29 is 4.79 Å². The van der Waals surface area contributed by atoms with Crippen LogP contribution in [0, 0.1) is 27.7 Å². The van der Waals surface area contributed by atoms with Crippen LogP contribution < -0.4 is 10.6 Å². The average molecular weight is 418 g/mol. The molecule has 0 fully saturated rings. The number of guanidine groups is 1. The van der Waals surface area contributed by atoms with Crippen molar-refractivity contribution in [2.24, 2.45) is 4.99 Å². The van der Waals surface area contributed by atoms with E-state index in [0.717, 1.165) is 29.9 Å². The van der Waals surface area contributed by atoms with Gasteiger partial charge in [0.15, 0.2) is 0 Å². The Hall–Kier alpha value is -3.41. The van der Waals surface area contributed by atoms with E-state index in [1.54, 1.807) is 0 Å². The summed E-state index contributed by atoms with van der Waals surface area (Å²) in [4.78, 5) is 17.5. The third kappa shape index (κ3) is 5.60. The van der Waals surface area contributed by atoms with Crippen molar-refractivity contribution >= 4 is 17.6 Å². The molecule has 0 radical (unpaired) electrons. The van der Waals surface area contributed by atoms with Crippen molar-refractivity contribution in [1.29, 1.82) is 0 Å². The monoisotopic (exact) mass is 417 g/mol. The fourth-order valence-corrected chi connectivity index (χ4v) is 3.57. The van der Waals surface area contributed by atoms with E-state index in [9.17, 15) is 4.79 Å². The average Bonchev–Trinajstić information content (AvgIpc) is 3.03. The highest BCUT2D eigenvalue weighted by atomic mass is 16.1. The maximum absolute atomic E-state index is 12.9. The maximum Gasteiger partial charge on any atom is 0.258 e. The maximum atomic E-state index is 12.9. The highest BCUT2D eigenvalue weighted by Gasteiger charge is 2.13. The van der Waals surface area contributed by atoms with Crippen molar-refractivity contribution in [3.8, 4) is 0 Å². The Morgan fingerprint density at radius 2 is 1.74 bits per heavy atom. The second kappa shape index (κ2) is 10.1. The lowest BCUT2D eigenvalue weighted by Gasteiger charge is -2.13. The number of carbonyl (C=O) groups excluding carboxylic acids is 1. The van der Waals surface area contributed by atoms with Gasteiger partial charge < -0.3 is 5.32 Å². The Bertz CT molecular complexity index is 1080. The zero-order chi connectivity index (χ0) is 22.4. The van der Waals surface area contributed by atoms with Crippen molar-refractivity contribution in [2.45, 2.75) is 47.6 Å². The Balaban J connectivity index is 1.79. The van der Waals surface area contributed by atoms with Gasteiger partial charge in [-0.25, -0.2) is 0 Å². The van der Waals surface area contributed by atoms with Gasteiger partial charge in [0.05, 0.1) is 5.69 Å². The van der Waals surface area contributed by atoms with Gasteiger partial charge in [-0.1, -0.05) is 35.9 Å². The molecule has 3 aromatic rings. The van der Waals surface area contributed by atoms with Crippen LogP contribution in [0.3, 0.4) is 0 Å². The van der Waals surface area contributed by atoms with Gasteiger partial charge in [0.2, 0.25) is 5.96 Å². The smallest absolute Gasteiger partial charge is 0.258 e. The van der Waals surface area contributed by atoms with Crippen LogP contribution >= 0.6 is 0 Å². The van der Waals surface area contributed by atoms with E-state index < -0.39 is 0 Å². The lowest BCUT2D eigenvalue weighted by molar-refractivity contribution is 0.0976. The Labute approximate surface area is 184 Å². The molecule has 6 nitrogen and oxygen atoms in total. The van der Waals surface area contributed by atoms with Crippen LogP contribution in [-0.2, 0) is 13.0 Å². The predicted octanol–water partition coefficient (Wildman–Crippen LogP) is 4.58. The van der Waals surface area contributed by atoms with E-state index in [-0.39, 0.29) is 5.91 Å². The van der Waals surface area contributed by atoms with E-state index in [2.05, 4.69) is 34.6 Å². The molecule has 162 valence electrons. The highest BCUT2D eigenvalue weighted by molar-refractivity contribution is 6.10. The molecule has 31 heavy (non-hydrogen) atoms. The minimum absolute atomic E-state index is 0.178. The summed E-state index contributed by atoms with van der Waals surface area (Å²) in [6.45, 7) is 11.6. The minimum atomic E-state index is -0.178. The first-order valence-electron chi connectivity index (χ1n) is 10.7. The summed E-state index contributed by atoms with van der Waals surface area (Å²) in [6.07, 6.45) is 0.761. The van der Waals surface area contributed by atoms with Crippen LogP contribution in [0.1, 0.15) is 45.4 Å². The van der Waals surface area contributed by atoms with Crippen LogP contribution in [-0.4, -0.2) is 28.2 Å². The molecule has 0 atom stereocenters. The topological polar surface area (TPSA) is 71.3 Å². The molecule has 6 heteroatoms. The zero-order valence-corrected chi connectivity index (χ0v) is 19.0. The van der Waals surface area contributed by atoms with Gasteiger partial charge in [-0.05, 0) is 70.4 Å². The predicted molar refractivity (Wildman–Crippen MR) is 127 cm³/mol. The molecule has 0 aliphatic rings. The quantitative estimate of drug-likeness (QED) is 0.456. The first-order valence-corrected chi connectivity index (χ1v) is 10.7. The second-order valence-corrected chi connectivity index (χ2v) is 7.71. The molecule has 1 aromatic heterocycles. The SMILES string of the molecule is CCn1nc(C)c(CCN=C(NC(=O)c2ccccc2C)Nc2ccc(C)cc2)c1C. The second-order valence-electron chi connectivity index (χ2n) is 7.71. The molecule has 0 bridgehead atoms. The third-order valence-electron chi connectivity index (χ3n) is 5.40. The van der Waals surface area contributed by atoms with Crippen molar-refractivity contribution in [1.82, 2.24) is 15.1 Å². The lowest BCUT2D eigenvalue weighted by Crippen LogP contribution is -2.36.